The minimum atomic E-state index is -0.586. The van der Waals surface area contributed by atoms with Gasteiger partial charge in [-0.15, -0.1) is 0 Å². The number of phenolic OH excluding ortho intramolecular Hbond substituents is 1. The highest BCUT2D eigenvalue weighted by Gasteiger charge is 2.17. The molecule has 0 amide bonds. The molecule has 0 radical (unpaired) electrons. The Bertz CT molecular complexity index is 831. The summed E-state index contributed by atoms with van der Waals surface area (Å²) in [4.78, 5) is 35.4. The number of H-pyrrole nitrogens is 1. The molecule has 1 aromatic heterocycles. The van der Waals surface area contributed by atoms with Crippen LogP contribution in [-0.4, -0.2) is 38.3 Å². The molecule has 8 heteroatoms. The summed E-state index contributed by atoms with van der Waals surface area (Å²) in [6, 6.07) is 4.35. The maximum Gasteiger partial charge on any atom is 0.351 e. The lowest BCUT2D eigenvalue weighted by molar-refractivity contribution is -0.120. The summed E-state index contributed by atoms with van der Waals surface area (Å²) in [5, 5.41) is 15.3. The van der Waals surface area contributed by atoms with Gasteiger partial charge in [-0.2, -0.15) is 4.68 Å². The molecule has 1 aromatic carbocycles. The molecule has 2 rings (SSSR count). The van der Waals surface area contributed by atoms with E-state index in [-0.39, 0.29) is 23.3 Å². The highest BCUT2D eigenvalue weighted by atomic mass is 16.3. The normalized spacial score (nSPS) is 12.3. The van der Waals surface area contributed by atoms with Crippen molar-refractivity contribution in [2.45, 2.75) is 25.8 Å². The number of nitrogens with one attached hydrogen (secondary N) is 2. The van der Waals surface area contributed by atoms with Gasteiger partial charge in [0.1, 0.15) is 17.2 Å². The molecule has 8 nitrogen and oxygen atoms in total. The van der Waals surface area contributed by atoms with Crippen LogP contribution >= 0.6 is 0 Å². The quantitative estimate of drug-likeness (QED) is 0.676. The van der Waals surface area contributed by atoms with E-state index in [1.807, 2.05) is 0 Å². The zero-order valence-corrected chi connectivity index (χ0v) is 13.3. The van der Waals surface area contributed by atoms with Gasteiger partial charge in [0.25, 0.3) is 0 Å². The van der Waals surface area contributed by atoms with Crippen molar-refractivity contribution in [3.05, 3.63) is 44.7 Å². The monoisotopic (exact) mass is 320 g/mol. The molecule has 23 heavy (non-hydrogen) atoms. The molecule has 0 fully saturated rings. The van der Waals surface area contributed by atoms with E-state index in [2.05, 4.69) is 10.4 Å². The molecule has 0 aliphatic rings. The minimum absolute atomic E-state index is 0.0763. The smallest absolute Gasteiger partial charge is 0.351 e. The molecule has 0 unspecified atom stereocenters. The molecule has 1 atom stereocenters. The highest BCUT2D eigenvalue weighted by molar-refractivity contribution is 5.84. The Hall–Kier alpha value is -2.61. The van der Waals surface area contributed by atoms with Crippen molar-refractivity contribution in [1.82, 2.24) is 19.7 Å². The van der Waals surface area contributed by atoms with Crippen molar-refractivity contribution in [1.29, 1.82) is 0 Å². The van der Waals surface area contributed by atoms with Gasteiger partial charge in [0.15, 0.2) is 0 Å². The Morgan fingerprint density at radius 3 is 2.61 bits per heavy atom. The largest absolute Gasteiger partial charge is 0.506 e. The Labute approximate surface area is 132 Å². The summed E-state index contributed by atoms with van der Waals surface area (Å²) >= 11 is 0. The molecule has 0 aliphatic carbocycles. The molecule has 2 aromatic rings. The van der Waals surface area contributed by atoms with Crippen molar-refractivity contribution >= 4 is 5.78 Å². The van der Waals surface area contributed by atoms with Crippen molar-refractivity contribution in [3.8, 4) is 11.4 Å². The highest BCUT2D eigenvalue weighted by Crippen LogP contribution is 2.21. The van der Waals surface area contributed by atoms with Crippen LogP contribution in [0.15, 0.2) is 27.8 Å². The number of rotatable bonds is 6. The van der Waals surface area contributed by atoms with Gasteiger partial charge < -0.3 is 10.4 Å². The molecule has 1 heterocycles. The summed E-state index contributed by atoms with van der Waals surface area (Å²) in [6.07, 6.45) is 0.837. The molecule has 0 spiro atoms. The third-order valence-electron chi connectivity index (χ3n) is 3.80. The standard InChI is InChI=1S/C15H20N4O4/c1-4-12(20)10(16-2)7-9-5-6-13(21)11(8-9)19-15(23)18(3)14(22)17-19/h5-6,8,10,16,21H,4,7H2,1-3H3,(H,17,22)/t10-/m0/s1. The number of hydrogen-bond acceptors (Lipinski definition) is 5. The number of ketones is 1. The van der Waals surface area contributed by atoms with E-state index in [1.165, 1.54) is 13.1 Å². The summed E-state index contributed by atoms with van der Waals surface area (Å²) in [6.45, 7) is 1.79. The SMILES string of the molecule is CCC(=O)[C@H](Cc1ccc(O)c(-n2[nH]c(=O)n(C)c2=O)c1)NC. The third kappa shape index (κ3) is 3.26. The van der Waals surface area contributed by atoms with E-state index in [0.717, 1.165) is 14.8 Å². The van der Waals surface area contributed by atoms with E-state index < -0.39 is 11.4 Å². The fraction of sp³-hybridized carbons (Fsp3) is 0.400. The summed E-state index contributed by atoms with van der Waals surface area (Å²) in [7, 11) is 3.05. The van der Waals surface area contributed by atoms with Crippen molar-refractivity contribution in [2.75, 3.05) is 7.05 Å². The van der Waals surface area contributed by atoms with Crippen LogP contribution in [-0.2, 0) is 18.3 Å². The average molecular weight is 320 g/mol. The zero-order chi connectivity index (χ0) is 17.1. The molecular weight excluding hydrogens is 300 g/mol. The number of benzene rings is 1. The first-order valence-electron chi connectivity index (χ1n) is 7.29. The lowest BCUT2D eigenvalue weighted by Crippen LogP contribution is -2.35. The lowest BCUT2D eigenvalue weighted by Gasteiger charge is -2.15. The third-order valence-corrected chi connectivity index (χ3v) is 3.80. The van der Waals surface area contributed by atoms with Crippen LogP contribution in [0.3, 0.4) is 0 Å². The summed E-state index contributed by atoms with van der Waals surface area (Å²) < 4.78 is 1.89. The summed E-state index contributed by atoms with van der Waals surface area (Å²) in [5.74, 6) is -0.0621. The maximum atomic E-state index is 12.0. The maximum absolute atomic E-state index is 12.0. The molecule has 0 aliphatic heterocycles. The number of nitrogens with zero attached hydrogens (tertiary/aromatic N) is 2. The lowest BCUT2D eigenvalue weighted by atomic mass is 10.0. The Kier molecular flexibility index (Phi) is 4.85. The number of likely N-dealkylation sites (N-methyl/N-ethyl adjacent to an activating group) is 1. The molecule has 3 N–H and O–H groups in total. The Morgan fingerprint density at radius 1 is 1.39 bits per heavy atom. The van der Waals surface area contributed by atoms with Gasteiger partial charge in [0, 0.05) is 13.5 Å². The van der Waals surface area contributed by atoms with Crippen molar-refractivity contribution in [3.63, 3.8) is 0 Å². The second-order valence-corrected chi connectivity index (χ2v) is 5.28. The van der Waals surface area contributed by atoms with Gasteiger partial charge in [-0.25, -0.2) is 19.3 Å². The van der Waals surface area contributed by atoms with E-state index >= 15 is 0 Å². The average Bonchev–Trinajstić information content (AvgIpc) is 2.80. The topological polar surface area (TPSA) is 109 Å². The van der Waals surface area contributed by atoms with Crippen LogP contribution in [0.4, 0.5) is 0 Å². The van der Waals surface area contributed by atoms with Crippen molar-refractivity contribution < 1.29 is 9.90 Å². The number of carbonyl (C=O) groups excluding carboxylic acids is 1. The first-order chi connectivity index (χ1) is 10.9. The van der Waals surface area contributed by atoms with Crippen LogP contribution in [0.5, 0.6) is 5.75 Å². The zero-order valence-electron chi connectivity index (χ0n) is 13.3. The van der Waals surface area contributed by atoms with Gasteiger partial charge in [-0.05, 0) is 31.2 Å². The van der Waals surface area contributed by atoms with Gasteiger partial charge in [0.05, 0.1) is 6.04 Å². The number of Topliss-reactive ketones (excluding diaryl/α,β-unsaturated/α-hetero) is 1. The fourth-order valence-electron chi connectivity index (χ4n) is 2.35. The molecule has 0 saturated carbocycles. The first kappa shape index (κ1) is 16.8. The molecule has 0 saturated heterocycles. The van der Waals surface area contributed by atoms with Crippen LogP contribution in [0, 0.1) is 0 Å². The number of aromatic amines is 1. The number of hydrogen-bond donors (Lipinski definition) is 3. The van der Waals surface area contributed by atoms with Crippen LogP contribution < -0.4 is 16.7 Å². The Balaban J connectivity index is 2.43. The number of aromatic nitrogens is 3. The Morgan fingerprint density at radius 2 is 2.09 bits per heavy atom. The minimum Gasteiger partial charge on any atom is -0.506 e. The van der Waals surface area contributed by atoms with Crippen molar-refractivity contribution in [2.24, 2.45) is 7.05 Å². The summed E-state index contributed by atoms with van der Waals surface area (Å²) in [5.41, 5.74) is -0.231. The van der Waals surface area contributed by atoms with Gasteiger partial charge in [0.2, 0.25) is 0 Å². The molecule has 0 bridgehead atoms. The molecule has 124 valence electrons. The van der Waals surface area contributed by atoms with E-state index in [0.29, 0.717) is 12.8 Å². The van der Waals surface area contributed by atoms with Crippen LogP contribution in [0.1, 0.15) is 18.9 Å². The van der Waals surface area contributed by atoms with Crippen LogP contribution in [0.25, 0.3) is 5.69 Å². The molecular formula is C15H20N4O4. The predicted molar refractivity (Wildman–Crippen MR) is 85.1 cm³/mol. The van der Waals surface area contributed by atoms with Gasteiger partial charge in [-0.3, -0.25) is 4.79 Å². The second kappa shape index (κ2) is 6.66. The fourth-order valence-corrected chi connectivity index (χ4v) is 2.35. The number of carbonyl (C=O) groups is 1. The number of aromatic hydroxyl groups is 1. The van der Waals surface area contributed by atoms with E-state index in [4.69, 9.17) is 0 Å². The van der Waals surface area contributed by atoms with Gasteiger partial charge in [-0.1, -0.05) is 13.0 Å². The van der Waals surface area contributed by atoms with Gasteiger partial charge >= 0.3 is 11.4 Å². The van der Waals surface area contributed by atoms with E-state index in [9.17, 15) is 19.5 Å². The second-order valence-electron chi connectivity index (χ2n) is 5.28. The number of phenols is 1. The van der Waals surface area contributed by atoms with E-state index in [1.54, 1.807) is 26.1 Å². The van der Waals surface area contributed by atoms with Crippen LogP contribution in [0.2, 0.25) is 0 Å². The first-order valence-corrected chi connectivity index (χ1v) is 7.29. The predicted octanol–water partition coefficient (Wildman–Crippen LogP) is -0.320.